The Bertz CT molecular complexity index is 339. The fourth-order valence-corrected chi connectivity index (χ4v) is 2.19. The summed E-state index contributed by atoms with van der Waals surface area (Å²) in [6.45, 7) is 6.49. The molecule has 3 nitrogen and oxygen atoms in total. The fraction of sp³-hybridized carbons (Fsp3) is 0.786. The minimum absolute atomic E-state index is 0.777. The molecular weight excluding hydrogens is 210 g/mol. The molecule has 1 aliphatic carbocycles. The third kappa shape index (κ3) is 3.84. The molecule has 3 heteroatoms. The van der Waals surface area contributed by atoms with Crippen molar-refractivity contribution >= 4 is 0 Å². The lowest BCUT2D eigenvalue weighted by Crippen LogP contribution is -2.18. The molecular formula is C14H25N3. The Morgan fingerprint density at radius 3 is 2.88 bits per heavy atom. The van der Waals surface area contributed by atoms with Gasteiger partial charge in [-0.05, 0) is 26.2 Å². The van der Waals surface area contributed by atoms with Crippen LogP contribution in [0, 0.1) is 6.92 Å². The zero-order chi connectivity index (χ0) is 12.1. The Balaban J connectivity index is 1.82. The minimum Gasteiger partial charge on any atom is -0.331 e. The van der Waals surface area contributed by atoms with E-state index in [2.05, 4.69) is 28.7 Å². The van der Waals surface area contributed by atoms with Crippen molar-refractivity contribution in [1.29, 1.82) is 0 Å². The third-order valence-electron chi connectivity index (χ3n) is 3.52. The van der Waals surface area contributed by atoms with Crippen LogP contribution in [0.15, 0.2) is 6.20 Å². The van der Waals surface area contributed by atoms with Crippen LogP contribution in [-0.4, -0.2) is 15.6 Å². The molecule has 0 spiro atoms. The summed E-state index contributed by atoms with van der Waals surface area (Å²) in [4.78, 5) is 4.44. The maximum absolute atomic E-state index is 4.44. The summed E-state index contributed by atoms with van der Waals surface area (Å²) in [6.07, 6.45) is 10.0. The van der Waals surface area contributed by atoms with Crippen LogP contribution in [0.1, 0.15) is 57.0 Å². The van der Waals surface area contributed by atoms with Gasteiger partial charge in [0.1, 0.15) is 5.82 Å². The van der Waals surface area contributed by atoms with E-state index in [4.69, 9.17) is 0 Å². The summed E-state index contributed by atoms with van der Waals surface area (Å²) in [6, 6.07) is 0.777. The number of aromatic nitrogens is 2. The summed E-state index contributed by atoms with van der Waals surface area (Å²) in [7, 11) is 0. The zero-order valence-corrected chi connectivity index (χ0v) is 11.2. The van der Waals surface area contributed by atoms with E-state index in [0.717, 1.165) is 25.0 Å². The Kier molecular flexibility index (Phi) is 4.60. The van der Waals surface area contributed by atoms with Crippen LogP contribution in [0.2, 0.25) is 0 Å². The average molecular weight is 235 g/mol. The number of aryl methyl sites for hydroxylation is 1. The summed E-state index contributed by atoms with van der Waals surface area (Å²) in [5.41, 5.74) is 1.35. The van der Waals surface area contributed by atoms with Gasteiger partial charge in [0, 0.05) is 25.3 Å². The first-order valence-electron chi connectivity index (χ1n) is 7.05. The Labute approximate surface area is 105 Å². The van der Waals surface area contributed by atoms with Crippen LogP contribution >= 0.6 is 0 Å². The molecule has 0 radical (unpaired) electrons. The molecule has 1 N–H and O–H groups in total. The number of imidazole rings is 1. The van der Waals surface area contributed by atoms with Crippen molar-refractivity contribution in [3.8, 4) is 0 Å². The molecule has 96 valence electrons. The molecule has 0 bridgehead atoms. The number of nitrogens with zero attached hydrogens (tertiary/aromatic N) is 2. The molecule has 1 fully saturated rings. The normalized spacial score (nSPS) is 15.4. The lowest BCUT2D eigenvalue weighted by atomic mass is 10.2. The molecule has 0 unspecified atom stereocenters. The smallest absolute Gasteiger partial charge is 0.105 e. The van der Waals surface area contributed by atoms with E-state index in [1.54, 1.807) is 0 Å². The van der Waals surface area contributed by atoms with E-state index in [1.807, 2.05) is 6.20 Å². The predicted octanol–water partition coefficient (Wildman–Crippen LogP) is 3.02. The fourth-order valence-electron chi connectivity index (χ4n) is 2.19. The average Bonchev–Trinajstić information content (AvgIpc) is 3.09. The molecule has 2 rings (SSSR count). The SMILES string of the molecule is CCCCCCn1c(CNC2CC2)cnc1C. The highest BCUT2D eigenvalue weighted by molar-refractivity contribution is 5.05. The van der Waals surface area contributed by atoms with Crippen molar-refractivity contribution in [3.63, 3.8) is 0 Å². The molecule has 0 aliphatic heterocycles. The van der Waals surface area contributed by atoms with Gasteiger partial charge in [-0.3, -0.25) is 0 Å². The highest BCUT2D eigenvalue weighted by atomic mass is 15.1. The molecule has 0 atom stereocenters. The lowest BCUT2D eigenvalue weighted by molar-refractivity contribution is 0.543. The number of hydrogen-bond acceptors (Lipinski definition) is 2. The topological polar surface area (TPSA) is 29.9 Å². The summed E-state index contributed by atoms with van der Waals surface area (Å²) in [5.74, 6) is 1.16. The maximum atomic E-state index is 4.44. The van der Waals surface area contributed by atoms with Crippen molar-refractivity contribution in [2.45, 2.75) is 71.5 Å². The van der Waals surface area contributed by atoms with Gasteiger partial charge < -0.3 is 9.88 Å². The summed E-state index contributed by atoms with van der Waals surface area (Å²) in [5, 5.41) is 3.57. The standard InChI is InChI=1S/C14H25N3/c1-3-4-5-6-9-17-12(2)15-10-14(17)11-16-13-7-8-13/h10,13,16H,3-9,11H2,1-2H3. The number of hydrogen-bond donors (Lipinski definition) is 1. The van der Waals surface area contributed by atoms with Crippen molar-refractivity contribution in [2.24, 2.45) is 0 Å². The van der Waals surface area contributed by atoms with Crippen molar-refractivity contribution in [3.05, 3.63) is 17.7 Å². The first kappa shape index (κ1) is 12.6. The number of unbranched alkanes of at least 4 members (excludes halogenated alkanes) is 3. The lowest BCUT2D eigenvalue weighted by Gasteiger charge is -2.10. The van der Waals surface area contributed by atoms with Crippen molar-refractivity contribution in [1.82, 2.24) is 14.9 Å². The second kappa shape index (κ2) is 6.20. The number of nitrogens with one attached hydrogen (secondary N) is 1. The highest BCUT2D eigenvalue weighted by Gasteiger charge is 2.20. The molecule has 1 heterocycles. The molecule has 1 saturated carbocycles. The van der Waals surface area contributed by atoms with Crippen LogP contribution < -0.4 is 5.32 Å². The molecule has 1 aromatic rings. The Morgan fingerprint density at radius 1 is 1.35 bits per heavy atom. The minimum atomic E-state index is 0.777. The molecule has 0 aromatic carbocycles. The second-order valence-electron chi connectivity index (χ2n) is 5.16. The second-order valence-corrected chi connectivity index (χ2v) is 5.16. The van der Waals surface area contributed by atoms with Gasteiger partial charge in [-0.15, -0.1) is 0 Å². The van der Waals surface area contributed by atoms with Crippen LogP contribution in [0.4, 0.5) is 0 Å². The van der Waals surface area contributed by atoms with Gasteiger partial charge in [0.25, 0.3) is 0 Å². The van der Waals surface area contributed by atoms with Gasteiger partial charge in [0.2, 0.25) is 0 Å². The van der Waals surface area contributed by atoms with E-state index in [9.17, 15) is 0 Å². The summed E-state index contributed by atoms with van der Waals surface area (Å²) >= 11 is 0. The molecule has 0 saturated heterocycles. The molecule has 1 aliphatic rings. The van der Waals surface area contributed by atoms with Gasteiger partial charge in [-0.2, -0.15) is 0 Å². The Morgan fingerprint density at radius 2 is 2.18 bits per heavy atom. The Hall–Kier alpha value is -0.830. The largest absolute Gasteiger partial charge is 0.331 e. The van der Waals surface area contributed by atoms with E-state index in [-0.39, 0.29) is 0 Å². The van der Waals surface area contributed by atoms with Crippen LogP contribution in [0.25, 0.3) is 0 Å². The monoisotopic (exact) mass is 235 g/mol. The van der Waals surface area contributed by atoms with Gasteiger partial charge in [0.05, 0.1) is 5.69 Å². The number of rotatable bonds is 8. The van der Waals surface area contributed by atoms with E-state index >= 15 is 0 Å². The van der Waals surface area contributed by atoms with Crippen LogP contribution in [0.3, 0.4) is 0 Å². The third-order valence-corrected chi connectivity index (χ3v) is 3.52. The molecule has 17 heavy (non-hydrogen) atoms. The first-order chi connectivity index (χ1) is 8.31. The summed E-state index contributed by atoms with van der Waals surface area (Å²) < 4.78 is 2.38. The zero-order valence-electron chi connectivity index (χ0n) is 11.2. The van der Waals surface area contributed by atoms with Crippen molar-refractivity contribution < 1.29 is 0 Å². The van der Waals surface area contributed by atoms with Gasteiger partial charge in [0.15, 0.2) is 0 Å². The molecule has 1 aromatic heterocycles. The first-order valence-corrected chi connectivity index (χ1v) is 7.05. The van der Waals surface area contributed by atoms with E-state index in [0.29, 0.717) is 0 Å². The highest BCUT2D eigenvalue weighted by Crippen LogP contribution is 2.19. The van der Waals surface area contributed by atoms with Crippen LogP contribution in [0.5, 0.6) is 0 Å². The van der Waals surface area contributed by atoms with E-state index < -0.39 is 0 Å². The maximum Gasteiger partial charge on any atom is 0.105 e. The quantitative estimate of drug-likeness (QED) is 0.702. The van der Waals surface area contributed by atoms with E-state index in [1.165, 1.54) is 44.2 Å². The van der Waals surface area contributed by atoms with Gasteiger partial charge in [-0.1, -0.05) is 26.2 Å². The molecule has 0 amide bonds. The van der Waals surface area contributed by atoms with Gasteiger partial charge in [-0.25, -0.2) is 4.98 Å². The predicted molar refractivity (Wildman–Crippen MR) is 71.0 cm³/mol. The van der Waals surface area contributed by atoms with Gasteiger partial charge >= 0.3 is 0 Å². The van der Waals surface area contributed by atoms with Crippen LogP contribution in [-0.2, 0) is 13.1 Å². The van der Waals surface area contributed by atoms with Crippen molar-refractivity contribution in [2.75, 3.05) is 0 Å².